The Labute approximate surface area is 225 Å². The molecule has 6 nitrogen and oxygen atoms in total. The molecule has 196 valence electrons. The normalized spacial score (nSPS) is 12.0. The number of nitrogens with one attached hydrogen (secondary N) is 1. The average Bonchev–Trinajstić information content (AvgIpc) is 2.92. The number of hydrogen-bond acceptors (Lipinski definition) is 4. The van der Waals surface area contributed by atoms with Gasteiger partial charge < -0.3 is 10.1 Å². The summed E-state index contributed by atoms with van der Waals surface area (Å²) in [6.07, 6.45) is 0. The van der Waals surface area contributed by atoms with Crippen molar-refractivity contribution in [3.05, 3.63) is 125 Å². The molecule has 1 N–H and O–H groups in total. The fraction of sp³-hybridized carbons (Fsp3) is 0.194. The Hall–Kier alpha value is -4.10. The van der Waals surface area contributed by atoms with Crippen molar-refractivity contribution < 1.29 is 17.9 Å². The van der Waals surface area contributed by atoms with Crippen LogP contribution in [0.3, 0.4) is 0 Å². The molecule has 0 bridgehead atoms. The summed E-state index contributed by atoms with van der Waals surface area (Å²) in [7, 11) is -4.03. The van der Waals surface area contributed by atoms with Crippen molar-refractivity contribution in [2.75, 3.05) is 17.5 Å². The van der Waals surface area contributed by atoms with E-state index in [1.807, 2.05) is 75.4 Å². The topological polar surface area (TPSA) is 75.7 Å². The predicted molar refractivity (Wildman–Crippen MR) is 151 cm³/mol. The zero-order valence-electron chi connectivity index (χ0n) is 21.8. The average molecular weight is 529 g/mol. The van der Waals surface area contributed by atoms with E-state index in [1.54, 1.807) is 48.5 Å². The molecule has 0 fully saturated rings. The molecule has 0 spiro atoms. The maximum Gasteiger partial charge on any atom is 0.264 e. The number of amides is 1. The van der Waals surface area contributed by atoms with E-state index >= 15 is 0 Å². The van der Waals surface area contributed by atoms with Gasteiger partial charge in [0.2, 0.25) is 5.91 Å². The van der Waals surface area contributed by atoms with E-state index in [0.717, 1.165) is 26.6 Å². The van der Waals surface area contributed by atoms with Gasteiger partial charge in [0.25, 0.3) is 10.0 Å². The molecule has 0 saturated heterocycles. The third-order valence-electron chi connectivity index (χ3n) is 6.27. The van der Waals surface area contributed by atoms with Crippen molar-refractivity contribution in [1.82, 2.24) is 5.32 Å². The van der Waals surface area contributed by atoms with Crippen molar-refractivity contribution in [2.45, 2.75) is 31.7 Å². The maximum absolute atomic E-state index is 13.8. The fourth-order valence-electron chi connectivity index (χ4n) is 4.26. The van der Waals surface area contributed by atoms with Gasteiger partial charge in [-0.1, -0.05) is 72.3 Å². The van der Waals surface area contributed by atoms with Crippen LogP contribution in [0.1, 0.15) is 35.2 Å². The SMILES string of the molecule is CCOc1ccc(N(CC(=O)NC(c2ccccc2)c2ccccc2C)S(=O)(=O)c2ccc(C)cc2)cc1. The highest BCUT2D eigenvalue weighted by atomic mass is 32.2. The number of aryl methyl sites for hydroxylation is 2. The lowest BCUT2D eigenvalue weighted by Gasteiger charge is -2.27. The molecule has 0 aromatic heterocycles. The minimum atomic E-state index is -4.03. The summed E-state index contributed by atoms with van der Waals surface area (Å²) >= 11 is 0. The molecule has 7 heteroatoms. The minimum absolute atomic E-state index is 0.114. The van der Waals surface area contributed by atoms with Gasteiger partial charge in [-0.05, 0) is 73.9 Å². The summed E-state index contributed by atoms with van der Waals surface area (Å²) in [6, 6.07) is 30.4. The van der Waals surface area contributed by atoms with Gasteiger partial charge in [-0.15, -0.1) is 0 Å². The van der Waals surface area contributed by atoms with Crippen LogP contribution in [0.15, 0.2) is 108 Å². The third kappa shape index (κ3) is 6.23. The molecule has 0 aliphatic rings. The number of ether oxygens (including phenoxy) is 1. The molecule has 4 aromatic carbocycles. The predicted octanol–water partition coefficient (Wildman–Crippen LogP) is 5.80. The summed E-state index contributed by atoms with van der Waals surface area (Å²) in [4.78, 5) is 13.7. The van der Waals surface area contributed by atoms with Gasteiger partial charge in [0.1, 0.15) is 12.3 Å². The highest BCUT2D eigenvalue weighted by Gasteiger charge is 2.29. The van der Waals surface area contributed by atoms with Crippen LogP contribution in [0.4, 0.5) is 5.69 Å². The van der Waals surface area contributed by atoms with Crippen molar-refractivity contribution in [2.24, 2.45) is 0 Å². The van der Waals surface area contributed by atoms with Gasteiger partial charge in [-0.2, -0.15) is 0 Å². The Kier molecular flexibility index (Phi) is 8.48. The summed E-state index contributed by atoms with van der Waals surface area (Å²) in [5, 5.41) is 3.09. The molecule has 1 atom stereocenters. The van der Waals surface area contributed by atoms with Crippen LogP contribution in [0.25, 0.3) is 0 Å². The molecule has 4 aromatic rings. The summed E-state index contributed by atoms with van der Waals surface area (Å²) in [6.45, 7) is 5.87. The summed E-state index contributed by atoms with van der Waals surface area (Å²) in [5.41, 5.74) is 4.19. The van der Waals surface area contributed by atoms with E-state index in [1.165, 1.54) is 0 Å². The van der Waals surface area contributed by atoms with Crippen molar-refractivity contribution in [3.63, 3.8) is 0 Å². The van der Waals surface area contributed by atoms with Crippen LogP contribution >= 0.6 is 0 Å². The number of anilines is 1. The second kappa shape index (κ2) is 12.0. The number of hydrogen-bond donors (Lipinski definition) is 1. The fourth-order valence-corrected chi connectivity index (χ4v) is 5.68. The lowest BCUT2D eigenvalue weighted by Crippen LogP contribution is -2.42. The first-order valence-electron chi connectivity index (χ1n) is 12.5. The molecule has 0 radical (unpaired) electrons. The second-order valence-corrected chi connectivity index (χ2v) is 10.9. The number of carbonyl (C=O) groups is 1. The number of carbonyl (C=O) groups excluding carboxylic acids is 1. The van der Waals surface area contributed by atoms with Crippen LogP contribution < -0.4 is 14.4 Å². The van der Waals surface area contributed by atoms with Crippen LogP contribution in [-0.4, -0.2) is 27.5 Å². The van der Waals surface area contributed by atoms with E-state index in [0.29, 0.717) is 18.0 Å². The van der Waals surface area contributed by atoms with Crippen LogP contribution in [-0.2, 0) is 14.8 Å². The molecule has 4 rings (SSSR count). The summed E-state index contributed by atoms with van der Waals surface area (Å²) < 4.78 is 34.2. The molecule has 0 saturated carbocycles. The van der Waals surface area contributed by atoms with Crippen LogP contribution in [0, 0.1) is 13.8 Å². The van der Waals surface area contributed by atoms with E-state index in [9.17, 15) is 13.2 Å². The number of nitrogens with zero attached hydrogens (tertiary/aromatic N) is 1. The van der Waals surface area contributed by atoms with Crippen molar-refractivity contribution >= 4 is 21.6 Å². The molecular formula is C31H32N2O4S. The quantitative estimate of drug-likeness (QED) is 0.282. The molecule has 1 unspecified atom stereocenters. The van der Waals surface area contributed by atoms with E-state index in [2.05, 4.69) is 5.32 Å². The lowest BCUT2D eigenvalue weighted by molar-refractivity contribution is -0.120. The molecular weight excluding hydrogens is 496 g/mol. The van der Waals surface area contributed by atoms with Crippen molar-refractivity contribution in [3.8, 4) is 5.75 Å². The van der Waals surface area contributed by atoms with Crippen LogP contribution in [0.2, 0.25) is 0 Å². The first kappa shape index (κ1) is 26.9. The Morgan fingerprint density at radius 2 is 1.47 bits per heavy atom. The van der Waals surface area contributed by atoms with Gasteiger partial charge in [-0.25, -0.2) is 8.42 Å². The molecule has 0 aliphatic carbocycles. The minimum Gasteiger partial charge on any atom is -0.494 e. The Morgan fingerprint density at radius 3 is 2.11 bits per heavy atom. The van der Waals surface area contributed by atoms with Gasteiger partial charge in [0, 0.05) is 0 Å². The molecule has 0 aliphatic heterocycles. The van der Waals surface area contributed by atoms with E-state index < -0.39 is 22.0 Å². The second-order valence-electron chi connectivity index (χ2n) is 9.02. The maximum atomic E-state index is 13.8. The lowest BCUT2D eigenvalue weighted by atomic mass is 9.95. The Bertz CT molecular complexity index is 1470. The van der Waals surface area contributed by atoms with Gasteiger partial charge in [0.05, 0.1) is 23.2 Å². The molecule has 0 heterocycles. The highest BCUT2D eigenvalue weighted by Crippen LogP contribution is 2.28. The Balaban J connectivity index is 1.69. The largest absolute Gasteiger partial charge is 0.494 e. The molecule has 1 amide bonds. The van der Waals surface area contributed by atoms with Gasteiger partial charge in [0.15, 0.2) is 0 Å². The highest BCUT2D eigenvalue weighted by molar-refractivity contribution is 7.92. The monoisotopic (exact) mass is 528 g/mol. The first-order chi connectivity index (χ1) is 18.3. The van der Waals surface area contributed by atoms with Gasteiger partial charge in [-0.3, -0.25) is 9.10 Å². The number of rotatable bonds is 10. The van der Waals surface area contributed by atoms with Crippen LogP contribution in [0.5, 0.6) is 5.75 Å². The number of sulfonamides is 1. The van der Waals surface area contributed by atoms with E-state index in [-0.39, 0.29) is 11.4 Å². The van der Waals surface area contributed by atoms with Crippen molar-refractivity contribution in [1.29, 1.82) is 0 Å². The smallest absolute Gasteiger partial charge is 0.264 e. The first-order valence-corrected chi connectivity index (χ1v) is 14.0. The molecule has 38 heavy (non-hydrogen) atoms. The standard InChI is InChI=1S/C31H32N2O4S/c1-4-37-27-18-16-26(17-19-27)33(38(35,36)28-20-14-23(2)15-21-28)22-30(34)32-31(25-11-6-5-7-12-25)29-13-9-8-10-24(29)3/h5-21,31H,4,22H2,1-3H3,(H,32,34). The zero-order chi connectivity index (χ0) is 27.1. The third-order valence-corrected chi connectivity index (χ3v) is 8.06. The zero-order valence-corrected chi connectivity index (χ0v) is 22.6. The number of benzene rings is 4. The van der Waals surface area contributed by atoms with Gasteiger partial charge >= 0.3 is 0 Å². The summed E-state index contributed by atoms with van der Waals surface area (Å²) in [5.74, 6) is 0.198. The van der Waals surface area contributed by atoms with E-state index in [4.69, 9.17) is 4.74 Å². The Morgan fingerprint density at radius 1 is 0.842 bits per heavy atom.